The van der Waals surface area contributed by atoms with Crippen LogP contribution in [0.2, 0.25) is 0 Å². The topological polar surface area (TPSA) is 359 Å². The van der Waals surface area contributed by atoms with E-state index in [1.807, 2.05) is 6.92 Å². The number of carbonyl (C=O) groups excluding carboxylic acids is 11. The number of aromatic carboxylic acids is 1. The first-order valence-electron chi connectivity index (χ1n) is 34.8. The summed E-state index contributed by atoms with van der Waals surface area (Å²) < 4.78 is 25.4. The molecule has 11 atom stereocenters. The lowest BCUT2D eigenvalue weighted by Gasteiger charge is -2.68. The fraction of sp³-hybridized carbons (Fsp3) is 0.395. The van der Waals surface area contributed by atoms with Crippen LogP contribution >= 0.6 is 12.2 Å². The first-order chi connectivity index (χ1) is 50.1. The van der Waals surface area contributed by atoms with Crippen LogP contribution in [0.25, 0.3) is 5.57 Å². The van der Waals surface area contributed by atoms with Crippen molar-refractivity contribution in [1.82, 2.24) is 10.6 Å². The molecule has 0 spiro atoms. The molecule has 3 fully saturated rings. The number of aliphatic hydroxyl groups excluding tert-OH is 1. The Kier molecular flexibility index (Phi) is 25.5. The van der Waals surface area contributed by atoms with E-state index in [9.17, 15) is 49.2 Å². The normalized spacial score (nSPS) is 24.1. The number of carboxylic acids is 1. The molecule has 1 amide bonds. The minimum absolute atomic E-state index is 0.0250. The maximum absolute atomic E-state index is 15.5. The largest absolute Gasteiger partial charge is 0.508 e. The molecule has 7 N–H and O–H groups in total. The standard InChI is InChI=1S/C79H85N3O16S.2CO2/c1-45-60(43-79(94)70(98-73(92)49-26-17-12-18-27-49)68-77(5)44-95-62(77)42-61(86)78(68,6)69(88)46(2)65(45)76(79,3)4)96-74(93)67(66(47-22-13-10-14-23-47)82-71(89)48-24-15-11-16-25-48)97-63(87)30-21-29-53(83)28-19-8-7-9-20-37-80-75(99)81-52-31-34-58(59(41-52)72(90)91)64-56-35-32-54(84)39-50(56)38-51-40-55(85)33-36-57(51)64;2*2-1-3/h10-18,22-27,31-36,39-41,46,60-62,66-68,70,84,86,94H,7-9,19-21,28-30,37-38,42-44H2,1-6H3,(H,82,89)(H,90,91)(H2,80,81,99);;/t46-,60+,61+,62?,66?,67-,68?,70+,77-,78-,79-;;/m1../s1. The highest BCUT2D eigenvalue weighted by Gasteiger charge is 2.75. The van der Waals surface area contributed by atoms with Crippen LogP contribution in [0.15, 0.2) is 168 Å². The number of nitrogens with one attached hydrogen (secondary N) is 3. The number of Topliss-reactive ketones (excluding diaryl/α,β-unsaturated/α-hetero) is 2. The van der Waals surface area contributed by atoms with Gasteiger partial charge < -0.3 is 55.3 Å². The third kappa shape index (κ3) is 16.9. The number of ketones is 3. The van der Waals surface area contributed by atoms with Crippen LogP contribution in [0.3, 0.4) is 0 Å². The first kappa shape index (κ1) is 78.7. The van der Waals surface area contributed by atoms with Crippen LogP contribution in [-0.4, -0.2) is 134 Å². The third-order valence-electron chi connectivity index (χ3n) is 21.5. The number of aromatic hydroxyl groups is 1. The van der Waals surface area contributed by atoms with E-state index in [2.05, 4.69) is 16.0 Å². The van der Waals surface area contributed by atoms with Gasteiger partial charge in [0.1, 0.15) is 41.2 Å². The fourth-order valence-corrected chi connectivity index (χ4v) is 16.5. The van der Waals surface area contributed by atoms with Crippen molar-refractivity contribution in [3.8, 4) is 5.75 Å². The summed E-state index contributed by atoms with van der Waals surface area (Å²) in [4.78, 5) is 145. The number of aliphatic hydroxyl groups is 2. The van der Waals surface area contributed by atoms with Crippen molar-refractivity contribution in [3.05, 3.63) is 207 Å². The van der Waals surface area contributed by atoms with Crippen molar-refractivity contribution in [3.63, 3.8) is 0 Å². The lowest BCUT2D eigenvalue weighted by molar-refractivity contribution is -0.312. The van der Waals surface area contributed by atoms with E-state index in [1.54, 1.807) is 162 Å². The number of phenolic OH excluding ortho intramolecular Hbond substituents is 1. The zero-order valence-electron chi connectivity index (χ0n) is 59.1. The maximum Gasteiger partial charge on any atom is 0.373 e. The van der Waals surface area contributed by atoms with Crippen LogP contribution < -0.4 is 16.0 Å². The number of hydrogen-bond acceptors (Lipinski definition) is 20. The smallest absolute Gasteiger partial charge is 0.373 e. The minimum atomic E-state index is -2.11. The van der Waals surface area contributed by atoms with E-state index < -0.39 is 100 Å². The number of anilines is 1. The van der Waals surface area contributed by atoms with Crippen molar-refractivity contribution in [1.29, 1.82) is 0 Å². The molecule has 5 aromatic rings. The number of esters is 3. The summed E-state index contributed by atoms with van der Waals surface area (Å²) in [6.07, 6.45) is 2.88. The van der Waals surface area contributed by atoms with E-state index in [0.717, 1.165) is 48.0 Å². The Morgan fingerprint density at radius 1 is 0.752 bits per heavy atom. The zero-order chi connectivity index (χ0) is 76.1. The second-order valence-electron chi connectivity index (χ2n) is 28.2. The van der Waals surface area contributed by atoms with Crippen molar-refractivity contribution in [2.24, 2.45) is 28.1 Å². The fourth-order valence-electron chi connectivity index (χ4n) is 16.2. The van der Waals surface area contributed by atoms with Crippen LogP contribution in [0.1, 0.15) is 172 Å². The molecule has 0 aromatic heterocycles. The van der Waals surface area contributed by atoms with Crippen molar-refractivity contribution >= 4 is 88.0 Å². The molecule has 105 heavy (non-hydrogen) atoms. The maximum atomic E-state index is 15.5. The highest BCUT2D eigenvalue weighted by atomic mass is 32.1. The number of unbranched alkanes of at least 4 members (excludes halogenated alkanes) is 4. The summed E-state index contributed by atoms with van der Waals surface area (Å²) in [6.45, 7) is 11.3. The van der Waals surface area contributed by atoms with Gasteiger partial charge in [-0.1, -0.05) is 132 Å². The van der Waals surface area contributed by atoms with Gasteiger partial charge in [0.15, 0.2) is 10.9 Å². The molecule has 24 heteroatoms. The lowest BCUT2D eigenvalue weighted by atomic mass is 9.41. The number of allylic oxidation sites excluding steroid dienone is 5. The van der Waals surface area contributed by atoms with E-state index in [4.69, 9.17) is 50.3 Å². The number of thiocarbonyl (C=S) groups is 1. The SMILES string of the molecule is CC1=C2[C@@H](C)C(=O)[C@@]3(C)C([C@H](OC(=O)c4ccccc4)[C@](O)(C[C@@H]1OC(=O)[C@H](OC(=O)CCCC(=O)CCCCCCCNC(=S)Nc1ccc(C4=C5C=CC(=O)C=C5Cc5cc(O)ccc54)c(C(=O)O)c1)C(NC(=O)c1ccccc1)c1ccccc1)C2(C)C)[C@]1(C)COC1C[C@@H]3O.O=C=O.O=C=O. The Balaban J connectivity index is 0.00000206. The van der Waals surface area contributed by atoms with Crippen molar-refractivity contribution in [2.75, 3.05) is 18.5 Å². The number of carbonyl (C=O) groups is 8. The van der Waals surface area contributed by atoms with E-state index in [-0.39, 0.29) is 97.2 Å². The van der Waals surface area contributed by atoms with Crippen LogP contribution in [0.4, 0.5) is 5.69 Å². The Morgan fingerprint density at radius 3 is 2.02 bits per heavy atom. The molecule has 23 nitrogen and oxygen atoms in total. The molecule has 550 valence electrons. The predicted molar refractivity (Wildman–Crippen MR) is 383 cm³/mol. The molecule has 2 saturated carbocycles. The van der Waals surface area contributed by atoms with Gasteiger partial charge in [-0.05, 0) is 163 Å². The summed E-state index contributed by atoms with van der Waals surface area (Å²) in [5.41, 5.74) is 0.363. The van der Waals surface area contributed by atoms with Gasteiger partial charge in [0.2, 0.25) is 6.10 Å². The number of phenols is 1. The lowest BCUT2D eigenvalue weighted by Crippen LogP contribution is -2.77. The van der Waals surface area contributed by atoms with E-state index >= 15 is 9.59 Å². The Morgan fingerprint density at radius 2 is 1.37 bits per heavy atom. The number of hydrogen-bond donors (Lipinski definition) is 7. The highest BCUT2D eigenvalue weighted by molar-refractivity contribution is 7.80. The number of rotatable bonds is 24. The van der Waals surface area contributed by atoms with Gasteiger partial charge in [-0.25, -0.2) is 14.4 Å². The van der Waals surface area contributed by atoms with Gasteiger partial charge in [-0.15, -0.1) is 0 Å². The van der Waals surface area contributed by atoms with Gasteiger partial charge in [0, 0.05) is 72.6 Å². The van der Waals surface area contributed by atoms with Gasteiger partial charge >= 0.3 is 36.2 Å². The summed E-state index contributed by atoms with van der Waals surface area (Å²) in [7, 11) is 0. The molecule has 11 rings (SSSR count). The summed E-state index contributed by atoms with van der Waals surface area (Å²) >= 11 is 5.58. The quantitative estimate of drug-likeness (QED) is 0.00992. The molecule has 0 radical (unpaired) electrons. The molecule has 6 aliphatic rings. The molecule has 3 unspecified atom stereocenters. The number of carboxylic acid groups (broad SMARTS) is 1. The molecule has 5 aliphatic carbocycles. The molecular formula is C81H85N3O20S. The molecule has 5 aromatic carbocycles. The van der Waals surface area contributed by atoms with Crippen LogP contribution in [-0.2, 0) is 68.5 Å². The monoisotopic (exact) mass is 1450 g/mol. The van der Waals surface area contributed by atoms with Crippen LogP contribution in [0.5, 0.6) is 5.75 Å². The number of fused-ring (bicyclic) bond motifs is 7. The van der Waals surface area contributed by atoms with E-state index in [0.29, 0.717) is 58.0 Å². The summed E-state index contributed by atoms with van der Waals surface area (Å²) in [6, 6.07) is 33.6. The second-order valence-corrected chi connectivity index (χ2v) is 28.7. The number of amides is 1. The Hall–Kier alpha value is -10.5. The Labute approximate surface area is 612 Å². The Bertz CT molecular complexity index is 4350. The summed E-state index contributed by atoms with van der Waals surface area (Å²) in [5, 5.41) is 56.3. The van der Waals surface area contributed by atoms with Gasteiger partial charge in [-0.3, -0.25) is 24.0 Å². The molecular weight excluding hydrogens is 1370 g/mol. The average Bonchev–Trinajstić information content (AvgIpc) is 0.673. The highest BCUT2D eigenvalue weighted by Crippen LogP contribution is 2.66. The zero-order valence-corrected chi connectivity index (χ0v) is 59.9. The molecule has 1 heterocycles. The number of benzene rings is 5. The molecule has 1 saturated heterocycles. The molecule has 1 aliphatic heterocycles. The second kappa shape index (κ2) is 34.0. The third-order valence-corrected chi connectivity index (χ3v) is 21.7. The average molecular weight is 1450 g/mol. The summed E-state index contributed by atoms with van der Waals surface area (Å²) in [5.74, 6) is -6.95. The van der Waals surface area contributed by atoms with Gasteiger partial charge in [-0.2, -0.15) is 19.2 Å². The number of ether oxygens (including phenoxy) is 4. The van der Waals surface area contributed by atoms with Crippen molar-refractivity contribution < 1.29 is 96.9 Å². The molecule has 2 bridgehead atoms. The predicted octanol–water partition coefficient (Wildman–Crippen LogP) is 10.4. The minimum Gasteiger partial charge on any atom is -0.508 e. The van der Waals surface area contributed by atoms with Gasteiger partial charge in [0.25, 0.3) is 5.91 Å². The first-order valence-corrected chi connectivity index (χ1v) is 35.3. The van der Waals surface area contributed by atoms with E-state index in [1.165, 1.54) is 18.2 Å². The van der Waals surface area contributed by atoms with Crippen molar-refractivity contribution in [2.45, 2.75) is 161 Å². The van der Waals surface area contributed by atoms with Crippen LogP contribution in [0, 0.1) is 28.1 Å². The van der Waals surface area contributed by atoms with Gasteiger partial charge in [0.05, 0.1) is 35.4 Å².